The molecule has 4 nitrogen and oxygen atoms in total. The van der Waals surface area contributed by atoms with Crippen molar-refractivity contribution in [1.29, 1.82) is 0 Å². The molecule has 0 aromatic heterocycles. The van der Waals surface area contributed by atoms with Crippen molar-refractivity contribution in [3.63, 3.8) is 0 Å². The number of hydrogen-bond acceptors (Lipinski definition) is 3. The van der Waals surface area contributed by atoms with Gasteiger partial charge in [0, 0.05) is 39.3 Å². The van der Waals surface area contributed by atoms with Crippen LogP contribution < -0.4 is 10.2 Å². The lowest BCUT2D eigenvalue weighted by atomic mass is 10.1. The fraction of sp³-hybridized carbons (Fsp3) is 0.562. The van der Waals surface area contributed by atoms with Crippen molar-refractivity contribution >= 4 is 11.6 Å². The molecule has 0 unspecified atom stereocenters. The fourth-order valence-electron chi connectivity index (χ4n) is 2.07. The van der Waals surface area contributed by atoms with Crippen LogP contribution in [-0.4, -0.2) is 45.0 Å². The van der Waals surface area contributed by atoms with Gasteiger partial charge in [-0.05, 0) is 44.6 Å². The minimum atomic E-state index is 0.236. The maximum Gasteiger partial charge on any atom is 0.222 e. The second-order valence-electron chi connectivity index (χ2n) is 5.18. The first-order valence-corrected chi connectivity index (χ1v) is 7.27. The molecule has 0 saturated heterocycles. The van der Waals surface area contributed by atoms with Gasteiger partial charge >= 0.3 is 0 Å². The van der Waals surface area contributed by atoms with E-state index in [1.54, 1.807) is 0 Å². The maximum atomic E-state index is 12.1. The number of nitrogens with one attached hydrogen (secondary N) is 1. The molecule has 0 bridgehead atoms. The zero-order valence-corrected chi connectivity index (χ0v) is 13.1. The van der Waals surface area contributed by atoms with E-state index < -0.39 is 0 Å². The van der Waals surface area contributed by atoms with Crippen molar-refractivity contribution in [2.45, 2.75) is 26.3 Å². The normalized spacial score (nSPS) is 10.4. The summed E-state index contributed by atoms with van der Waals surface area (Å²) in [6.07, 6.45) is 1.51. The molecule has 1 rings (SSSR count). The minimum Gasteiger partial charge on any atom is -0.378 e. The van der Waals surface area contributed by atoms with Crippen LogP contribution in [0.1, 0.15) is 25.3 Å². The topological polar surface area (TPSA) is 35.6 Å². The molecule has 4 heteroatoms. The number of nitrogens with zero attached hydrogens (tertiary/aromatic N) is 2. The predicted octanol–water partition coefficient (Wildman–Crippen LogP) is 2.10. The third kappa shape index (κ3) is 5.21. The maximum absolute atomic E-state index is 12.1. The lowest BCUT2D eigenvalue weighted by Crippen LogP contribution is -2.30. The van der Waals surface area contributed by atoms with Crippen LogP contribution in [-0.2, 0) is 11.3 Å². The average Bonchev–Trinajstić information content (AvgIpc) is 2.45. The second kappa shape index (κ2) is 8.59. The highest BCUT2D eigenvalue weighted by molar-refractivity contribution is 5.76. The van der Waals surface area contributed by atoms with Gasteiger partial charge in [0.1, 0.15) is 0 Å². The van der Waals surface area contributed by atoms with E-state index in [1.165, 1.54) is 11.3 Å². The van der Waals surface area contributed by atoms with Gasteiger partial charge in [-0.25, -0.2) is 0 Å². The van der Waals surface area contributed by atoms with Gasteiger partial charge in [-0.1, -0.05) is 12.1 Å². The van der Waals surface area contributed by atoms with Crippen molar-refractivity contribution in [2.24, 2.45) is 0 Å². The first-order valence-electron chi connectivity index (χ1n) is 7.27. The van der Waals surface area contributed by atoms with E-state index in [-0.39, 0.29) is 5.91 Å². The molecule has 0 aliphatic heterocycles. The third-order valence-electron chi connectivity index (χ3n) is 3.38. The van der Waals surface area contributed by atoms with Gasteiger partial charge in [-0.15, -0.1) is 0 Å². The summed E-state index contributed by atoms with van der Waals surface area (Å²) < 4.78 is 0. The summed E-state index contributed by atoms with van der Waals surface area (Å²) in [6.45, 7) is 4.38. The molecule has 1 aromatic carbocycles. The summed E-state index contributed by atoms with van der Waals surface area (Å²) in [5.41, 5.74) is 2.36. The molecular formula is C16H27N3O. The van der Waals surface area contributed by atoms with Gasteiger partial charge in [-0.3, -0.25) is 4.79 Å². The molecule has 112 valence electrons. The van der Waals surface area contributed by atoms with E-state index in [0.29, 0.717) is 13.0 Å². The minimum absolute atomic E-state index is 0.236. The van der Waals surface area contributed by atoms with E-state index in [0.717, 1.165) is 19.5 Å². The Kier molecular flexibility index (Phi) is 7.09. The van der Waals surface area contributed by atoms with Crippen LogP contribution in [0, 0.1) is 0 Å². The Bertz CT molecular complexity index is 401. The van der Waals surface area contributed by atoms with Gasteiger partial charge < -0.3 is 15.1 Å². The summed E-state index contributed by atoms with van der Waals surface area (Å²) in [5, 5.41) is 3.07. The van der Waals surface area contributed by atoms with Crippen LogP contribution in [0.15, 0.2) is 24.3 Å². The fourth-order valence-corrected chi connectivity index (χ4v) is 2.07. The Hall–Kier alpha value is -1.55. The lowest BCUT2D eigenvalue weighted by molar-refractivity contribution is -0.131. The Labute approximate surface area is 122 Å². The van der Waals surface area contributed by atoms with Crippen LogP contribution >= 0.6 is 0 Å². The molecule has 1 aromatic rings. The lowest BCUT2D eigenvalue weighted by Gasteiger charge is -2.21. The SMILES string of the molecule is CCN(Cc1ccc(N(C)C)cc1)C(=O)CCCNC. The molecule has 0 atom stereocenters. The Morgan fingerprint density at radius 1 is 1.20 bits per heavy atom. The first kappa shape index (κ1) is 16.5. The molecule has 1 amide bonds. The molecule has 0 radical (unpaired) electrons. The quantitative estimate of drug-likeness (QED) is 0.739. The zero-order chi connectivity index (χ0) is 15.0. The summed E-state index contributed by atoms with van der Waals surface area (Å²) in [7, 11) is 5.96. The molecule has 0 spiro atoms. The highest BCUT2D eigenvalue weighted by Crippen LogP contribution is 2.14. The summed E-state index contributed by atoms with van der Waals surface area (Å²) in [6, 6.07) is 8.38. The van der Waals surface area contributed by atoms with Gasteiger partial charge in [-0.2, -0.15) is 0 Å². The summed E-state index contributed by atoms with van der Waals surface area (Å²) in [5.74, 6) is 0.236. The van der Waals surface area contributed by atoms with Gasteiger partial charge in [0.25, 0.3) is 0 Å². The number of anilines is 1. The van der Waals surface area contributed by atoms with Crippen molar-refractivity contribution in [2.75, 3.05) is 39.1 Å². The third-order valence-corrected chi connectivity index (χ3v) is 3.38. The summed E-state index contributed by atoms with van der Waals surface area (Å²) >= 11 is 0. The molecule has 0 saturated carbocycles. The number of carbonyl (C=O) groups is 1. The molecule has 0 aliphatic carbocycles. The largest absolute Gasteiger partial charge is 0.378 e. The van der Waals surface area contributed by atoms with Crippen molar-refractivity contribution < 1.29 is 4.79 Å². The standard InChI is InChI=1S/C16H27N3O/c1-5-19(16(20)7-6-12-17-2)13-14-8-10-15(11-9-14)18(3)4/h8-11,17H,5-7,12-13H2,1-4H3. The highest BCUT2D eigenvalue weighted by Gasteiger charge is 2.11. The average molecular weight is 277 g/mol. The smallest absolute Gasteiger partial charge is 0.222 e. The van der Waals surface area contributed by atoms with E-state index in [2.05, 4.69) is 34.5 Å². The van der Waals surface area contributed by atoms with Crippen molar-refractivity contribution in [3.8, 4) is 0 Å². The number of benzene rings is 1. The molecule has 0 fully saturated rings. The second-order valence-corrected chi connectivity index (χ2v) is 5.18. The van der Waals surface area contributed by atoms with Crippen molar-refractivity contribution in [1.82, 2.24) is 10.2 Å². The summed E-state index contributed by atoms with van der Waals surface area (Å²) in [4.78, 5) is 16.1. The number of carbonyl (C=O) groups excluding carboxylic acids is 1. The van der Waals surface area contributed by atoms with Gasteiger partial charge in [0.2, 0.25) is 5.91 Å². The zero-order valence-electron chi connectivity index (χ0n) is 13.1. The number of rotatable bonds is 8. The first-order chi connectivity index (χ1) is 9.58. The van der Waals surface area contributed by atoms with Crippen LogP contribution in [0.25, 0.3) is 0 Å². The molecule has 20 heavy (non-hydrogen) atoms. The molecule has 1 N–H and O–H groups in total. The molecule has 0 aliphatic rings. The van der Waals surface area contributed by atoms with Gasteiger partial charge in [0.15, 0.2) is 0 Å². The van der Waals surface area contributed by atoms with Crippen LogP contribution in [0.2, 0.25) is 0 Å². The van der Waals surface area contributed by atoms with Crippen LogP contribution in [0.3, 0.4) is 0 Å². The van der Waals surface area contributed by atoms with Crippen LogP contribution in [0.5, 0.6) is 0 Å². The predicted molar refractivity (Wildman–Crippen MR) is 85.0 cm³/mol. The Balaban J connectivity index is 2.56. The van der Waals surface area contributed by atoms with E-state index >= 15 is 0 Å². The highest BCUT2D eigenvalue weighted by atomic mass is 16.2. The Morgan fingerprint density at radius 3 is 2.35 bits per heavy atom. The van der Waals surface area contributed by atoms with Crippen LogP contribution in [0.4, 0.5) is 5.69 Å². The number of amides is 1. The van der Waals surface area contributed by atoms with E-state index in [9.17, 15) is 4.79 Å². The van der Waals surface area contributed by atoms with Gasteiger partial charge in [0.05, 0.1) is 0 Å². The number of hydrogen-bond donors (Lipinski definition) is 1. The van der Waals surface area contributed by atoms with E-state index in [4.69, 9.17) is 0 Å². The Morgan fingerprint density at radius 2 is 1.85 bits per heavy atom. The van der Waals surface area contributed by atoms with Crippen molar-refractivity contribution in [3.05, 3.63) is 29.8 Å². The van der Waals surface area contributed by atoms with E-state index in [1.807, 2.05) is 33.0 Å². The molecular weight excluding hydrogens is 250 g/mol. The monoisotopic (exact) mass is 277 g/mol. The molecule has 0 heterocycles.